The van der Waals surface area contributed by atoms with Gasteiger partial charge in [0.1, 0.15) is 12.4 Å². The van der Waals surface area contributed by atoms with Crippen molar-refractivity contribution in [2.24, 2.45) is 4.99 Å². The third-order valence-electron chi connectivity index (χ3n) is 4.81. The number of hydrogen-bond acceptors (Lipinski definition) is 5. The first-order chi connectivity index (χ1) is 14.3. The minimum absolute atomic E-state index is 0.650. The van der Waals surface area contributed by atoms with E-state index in [0.29, 0.717) is 13.2 Å². The molecule has 0 unspecified atom stereocenters. The second-order valence-corrected chi connectivity index (χ2v) is 6.83. The Balaban J connectivity index is 1.42. The highest BCUT2D eigenvalue weighted by Crippen LogP contribution is 2.17. The summed E-state index contributed by atoms with van der Waals surface area (Å²) in [6, 6.07) is 14.1. The van der Waals surface area contributed by atoms with Crippen LogP contribution < -0.4 is 15.4 Å². The average Bonchev–Trinajstić information content (AvgIpc) is 2.78. The van der Waals surface area contributed by atoms with Gasteiger partial charge in [0, 0.05) is 63.6 Å². The number of ether oxygens (including phenoxy) is 2. The van der Waals surface area contributed by atoms with Crippen molar-refractivity contribution in [1.82, 2.24) is 20.5 Å². The number of benzene rings is 1. The van der Waals surface area contributed by atoms with Crippen LogP contribution in [-0.4, -0.2) is 68.9 Å². The number of rotatable bonds is 9. The van der Waals surface area contributed by atoms with Crippen LogP contribution in [0.25, 0.3) is 0 Å². The van der Waals surface area contributed by atoms with Gasteiger partial charge < -0.3 is 20.1 Å². The molecule has 7 nitrogen and oxygen atoms in total. The minimum atomic E-state index is 0.650. The molecule has 1 aromatic heterocycles. The van der Waals surface area contributed by atoms with Crippen molar-refractivity contribution in [3.05, 3.63) is 59.9 Å². The lowest BCUT2D eigenvalue weighted by molar-refractivity contribution is 0.0322. The quantitative estimate of drug-likeness (QED) is 0.496. The van der Waals surface area contributed by atoms with E-state index in [0.717, 1.165) is 68.8 Å². The molecule has 0 amide bonds. The zero-order valence-electron chi connectivity index (χ0n) is 17.1. The molecule has 2 aromatic rings. The molecule has 0 atom stereocenters. The van der Waals surface area contributed by atoms with Crippen molar-refractivity contribution >= 4 is 5.96 Å². The molecule has 1 aromatic carbocycles. The van der Waals surface area contributed by atoms with Crippen molar-refractivity contribution in [3.63, 3.8) is 0 Å². The van der Waals surface area contributed by atoms with Gasteiger partial charge in [-0.2, -0.15) is 0 Å². The molecule has 2 heterocycles. The minimum Gasteiger partial charge on any atom is -0.492 e. The zero-order chi connectivity index (χ0) is 20.2. The van der Waals surface area contributed by atoms with E-state index < -0.39 is 0 Å². The fraction of sp³-hybridized carbons (Fsp3) is 0.455. The number of morpholine rings is 1. The Labute approximate surface area is 173 Å². The van der Waals surface area contributed by atoms with E-state index in [1.165, 1.54) is 0 Å². The molecule has 0 saturated carbocycles. The second kappa shape index (κ2) is 12.0. The summed E-state index contributed by atoms with van der Waals surface area (Å²) in [5.74, 6) is 1.68. The second-order valence-electron chi connectivity index (χ2n) is 6.83. The predicted molar refractivity (Wildman–Crippen MR) is 115 cm³/mol. The molecule has 1 fully saturated rings. The maximum Gasteiger partial charge on any atom is 0.191 e. The molecular weight excluding hydrogens is 366 g/mol. The molecular formula is C22H31N5O2. The molecule has 0 bridgehead atoms. The first-order valence-corrected chi connectivity index (χ1v) is 10.2. The number of guanidine groups is 1. The Morgan fingerprint density at radius 3 is 2.76 bits per heavy atom. The van der Waals surface area contributed by atoms with E-state index >= 15 is 0 Å². The fourth-order valence-corrected chi connectivity index (χ4v) is 3.15. The summed E-state index contributed by atoms with van der Waals surface area (Å²) < 4.78 is 11.4. The normalized spacial score (nSPS) is 15.1. The highest BCUT2D eigenvalue weighted by atomic mass is 16.5. The number of aliphatic imine (C=N–C) groups is 1. The highest BCUT2D eigenvalue weighted by Gasteiger charge is 2.10. The molecule has 1 saturated heterocycles. The number of pyridine rings is 1. The first-order valence-electron chi connectivity index (χ1n) is 10.2. The molecule has 3 rings (SSSR count). The van der Waals surface area contributed by atoms with Gasteiger partial charge in [0.15, 0.2) is 5.96 Å². The smallest absolute Gasteiger partial charge is 0.191 e. The maximum absolute atomic E-state index is 6.05. The summed E-state index contributed by atoms with van der Waals surface area (Å²) >= 11 is 0. The summed E-state index contributed by atoms with van der Waals surface area (Å²) in [4.78, 5) is 11.0. The van der Waals surface area contributed by atoms with Crippen LogP contribution in [0.3, 0.4) is 0 Å². The van der Waals surface area contributed by atoms with Crippen LogP contribution in [0.5, 0.6) is 5.75 Å². The van der Waals surface area contributed by atoms with Crippen LogP contribution in [0.1, 0.15) is 11.3 Å². The number of aromatic nitrogens is 1. The lowest BCUT2D eigenvalue weighted by Gasteiger charge is -2.26. The fourth-order valence-electron chi connectivity index (χ4n) is 3.15. The molecule has 156 valence electrons. The Kier molecular flexibility index (Phi) is 8.75. The van der Waals surface area contributed by atoms with Gasteiger partial charge in [-0.05, 0) is 18.2 Å². The van der Waals surface area contributed by atoms with E-state index in [4.69, 9.17) is 9.47 Å². The Hall–Kier alpha value is -2.64. The summed E-state index contributed by atoms with van der Waals surface area (Å²) in [5.41, 5.74) is 2.18. The van der Waals surface area contributed by atoms with E-state index in [1.54, 1.807) is 7.05 Å². The van der Waals surface area contributed by atoms with Gasteiger partial charge in [0.05, 0.1) is 13.2 Å². The maximum atomic E-state index is 6.05. The highest BCUT2D eigenvalue weighted by molar-refractivity contribution is 5.79. The summed E-state index contributed by atoms with van der Waals surface area (Å²) in [6.07, 6.45) is 2.67. The van der Waals surface area contributed by atoms with Gasteiger partial charge in [-0.3, -0.25) is 14.9 Å². The van der Waals surface area contributed by atoms with E-state index in [1.807, 2.05) is 42.6 Å². The van der Waals surface area contributed by atoms with E-state index in [9.17, 15) is 0 Å². The lowest BCUT2D eigenvalue weighted by atomic mass is 10.2. The molecule has 1 aliphatic rings. The van der Waals surface area contributed by atoms with Crippen LogP contribution in [0.2, 0.25) is 0 Å². The van der Waals surface area contributed by atoms with Crippen LogP contribution >= 0.6 is 0 Å². The van der Waals surface area contributed by atoms with Gasteiger partial charge in [-0.25, -0.2) is 0 Å². The third kappa shape index (κ3) is 7.36. The molecule has 2 N–H and O–H groups in total. The standard InChI is InChI=1S/C22H31N5O2/c1-23-22(25-11-9-20-7-4-5-10-24-20)26-18-19-6-2-3-8-21(19)29-17-14-27-12-15-28-16-13-27/h2-8,10H,9,11-18H2,1H3,(H2,23,25,26). The van der Waals surface area contributed by atoms with Crippen LogP contribution in [0, 0.1) is 0 Å². The average molecular weight is 398 g/mol. The van der Waals surface area contributed by atoms with Crippen LogP contribution in [0.15, 0.2) is 53.7 Å². The summed E-state index contributed by atoms with van der Waals surface area (Å²) in [5, 5.41) is 6.70. The topological polar surface area (TPSA) is 71.0 Å². The summed E-state index contributed by atoms with van der Waals surface area (Å²) in [6.45, 7) is 6.60. The summed E-state index contributed by atoms with van der Waals surface area (Å²) in [7, 11) is 1.78. The number of para-hydroxylation sites is 1. The van der Waals surface area contributed by atoms with Crippen molar-refractivity contribution in [1.29, 1.82) is 0 Å². The molecule has 0 radical (unpaired) electrons. The van der Waals surface area contributed by atoms with Crippen molar-refractivity contribution in [2.75, 3.05) is 53.0 Å². The number of hydrogen-bond donors (Lipinski definition) is 2. The Morgan fingerprint density at radius 2 is 1.97 bits per heavy atom. The SMILES string of the molecule is CN=C(NCCc1ccccn1)NCc1ccccc1OCCN1CCOCC1. The van der Waals surface area contributed by atoms with Gasteiger partial charge in [-0.15, -0.1) is 0 Å². The molecule has 0 spiro atoms. The first kappa shape index (κ1) is 21.1. The van der Waals surface area contributed by atoms with E-state index in [-0.39, 0.29) is 0 Å². The van der Waals surface area contributed by atoms with Gasteiger partial charge in [0.2, 0.25) is 0 Å². The van der Waals surface area contributed by atoms with Gasteiger partial charge >= 0.3 is 0 Å². The molecule has 7 heteroatoms. The van der Waals surface area contributed by atoms with Gasteiger partial charge in [0.25, 0.3) is 0 Å². The monoisotopic (exact) mass is 397 g/mol. The van der Waals surface area contributed by atoms with Crippen LogP contribution in [0.4, 0.5) is 0 Å². The van der Waals surface area contributed by atoms with Crippen molar-refractivity contribution < 1.29 is 9.47 Å². The zero-order valence-corrected chi connectivity index (χ0v) is 17.1. The van der Waals surface area contributed by atoms with E-state index in [2.05, 4.69) is 31.6 Å². The van der Waals surface area contributed by atoms with Crippen molar-refractivity contribution in [2.45, 2.75) is 13.0 Å². The molecule has 0 aliphatic carbocycles. The number of nitrogens with one attached hydrogen (secondary N) is 2. The number of nitrogens with zero attached hydrogens (tertiary/aromatic N) is 3. The van der Waals surface area contributed by atoms with Gasteiger partial charge in [-0.1, -0.05) is 24.3 Å². The predicted octanol–water partition coefficient (Wildman–Crippen LogP) is 1.70. The lowest BCUT2D eigenvalue weighted by Crippen LogP contribution is -2.39. The molecule has 1 aliphatic heterocycles. The Bertz CT molecular complexity index is 748. The van der Waals surface area contributed by atoms with Crippen molar-refractivity contribution in [3.8, 4) is 5.75 Å². The van der Waals surface area contributed by atoms with Crippen LogP contribution in [-0.2, 0) is 17.7 Å². The largest absolute Gasteiger partial charge is 0.492 e. The molecule has 29 heavy (non-hydrogen) atoms. The third-order valence-corrected chi connectivity index (χ3v) is 4.81. The Morgan fingerprint density at radius 1 is 1.14 bits per heavy atom.